The van der Waals surface area contributed by atoms with E-state index in [1.807, 2.05) is 24.4 Å². The molecule has 6 N–H and O–H groups in total. The Morgan fingerprint density at radius 2 is 1.82 bits per heavy atom. The van der Waals surface area contributed by atoms with Gasteiger partial charge in [-0.05, 0) is 35.9 Å². The Balaban J connectivity index is 1.82. The van der Waals surface area contributed by atoms with Gasteiger partial charge in [0.1, 0.15) is 41.7 Å². The minimum Gasteiger partial charge on any atom is -0.489 e. The lowest BCUT2D eigenvalue weighted by atomic mass is 9.94. The van der Waals surface area contributed by atoms with Gasteiger partial charge in [-0.3, -0.25) is 5.32 Å². The number of halogens is 2. The predicted octanol–water partition coefficient (Wildman–Crippen LogP) is 3.95. The molecule has 0 aliphatic carbocycles. The van der Waals surface area contributed by atoms with E-state index in [0.717, 1.165) is 5.56 Å². The number of nitriles is 2. The zero-order valence-corrected chi connectivity index (χ0v) is 18.4. The fourth-order valence-corrected chi connectivity index (χ4v) is 3.72. The first-order chi connectivity index (χ1) is 15.9. The molecule has 0 fully saturated rings. The van der Waals surface area contributed by atoms with Crippen LogP contribution in [0.4, 0.5) is 17.3 Å². The van der Waals surface area contributed by atoms with Crippen molar-refractivity contribution in [3.05, 3.63) is 74.8 Å². The third kappa shape index (κ3) is 4.41. The van der Waals surface area contributed by atoms with Crippen LogP contribution in [-0.4, -0.2) is 10.9 Å². The summed E-state index contributed by atoms with van der Waals surface area (Å²) in [6.07, 6.45) is 1.82. The number of aromatic nitrogens is 1. The summed E-state index contributed by atoms with van der Waals surface area (Å²) < 4.78 is 6.07. The first-order valence-electron chi connectivity index (χ1n) is 9.56. The summed E-state index contributed by atoms with van der Waals surface area (Å²) in [4.78, 5) is 8.82. The molecule has 1 aliphatic rings. The fraction of sp³-hybridized carbons (Fsp3) is 0.0909. The van der Waals surface area contributed by atoms with Gasteiger partial charge < -0.3 is 21.5 Å². The summed E-state index contributed by atoms with van der Waals surface area (Å²) >= 11 is 12.3. The van der Waals surface area contributed by atoms with Crippen LogP contribution >= 0.6 is 23.2 Å². The van der Waals surface area contributed by atoms with E-state index in [1.54, 1.807) is 30.3 Å². The number of nitrogen functional groups attached to an aromatic ring is 2. The van der Waals surface area contributed by atoms with Crippen molar-refractivity contribution >= 4 is 46.5 Å². The second-order valence-corrected chi connectivity index (χ2v) is 7.87. The lowest BCUT2D eigenvalue weighted by molar-refractivity contribution is 0.302. The Morgan fingerprint density at radius 3 is 2.52 bits per heavy atom. The van der Waals surface area contributed by atoms with Gasteiger partial charge in [0.15, 0.2) is 6.19 Å². The highest BCUT2D eigenvalue weighted by atomic mass is 35.5. The molecule has 1 atom stereocenters. The highest BCUT2D eigenvalue weighted by Gasteiger charge is 2.31. The number of aliphatic imine (C=N–C) groups is 1. The van der Waals surface area contributed by atoms with Gasteiger partial charge in [-0.15, -0.1) is 0 Å². The quantitative estimate of drug-likeness (QED) is 0.324. The van der Waals surface area contributed by atoms with Crippen molar-refractivity contribution < 1.29 is 4.74 Å². The molecule has 1 aliphatic heterocycles. The molecule has 1 unspecified atom stereocenters. The van der Waals surface area contributed by atoms with Crippen LogP contribution in [0, 0.1) is 22.8 Å². The number of fused-ring (bicyclic) bond motifs is 1. The van der Waals surface area contributed by atoms with Crippen LogP contribution in [-0.2, 0) is 6.61 Å². The lowest BCUT2D eigenvalue weighted by Gasteiger charge is -2.27. The second-order valence-electron chi connectivity index (χ2n) is 7.00. The van der Waals surface area contributed by atoms with Gasteiger partial charge in [-0.25, -0.2) is 9.98 Å². The average molecular weight is 479 g/mol. The molecule has 0 saturated carbocycles. The van der Waals surface area contributed by atoms with E-state index >= 15 is 0 Å². The third-order valence-corrected chi connectivity index (χ3v) is 5.42. The molecular formula is C22H16Cl2N8O. The zero-order valence-electron chi connectivity index (χ0n) is 16.9. The summed E-state index contributed by atoms with van der Waals surface area (Å²) in [5.41, 5.74) is 14.3. The Hall–Kier alpha value is -4.18. The number of anilines is 3. The van der Waals surface area contributed by atoms with Crippen molar-refractivity contribution in [3.63, 3.8) is 0 Å². The van der Waals surface area contributed by atoms with Crippen molar-refractivity contribution in [2.75, 3.05) is 16.8 Å². The molecular weight excluding hydrogens is 463 g/mol. The van der Waals surface area contributed by atoms with Crippen LogP contribution in [0.5, 0.6) is 5.75 Å². The molecule has 2 aromatic carbocycles. The van der Waals surface area contributed by atoms with Gasteiger partial charge in [0.25, 0.3) is 0 Å². The number of nitrogens with zero attached hydrogens (tertiary/aromatic N) is 4. The van der Waals surface area contributed by atoms with E-state index in [4.69, 9.17) is 44.7 Å². The van der Waals surface area contributed by atoms with Crippen LogP contribution in [0.2, 0.25) is 10.0 Å². The van der Waals surface area contributed by atoms with Crippen molar-refractivity contribution in [3.8, 4) is 18.0 Å². The summed E-state index contributed by atoms with van der Waals surface area (Å²) in [6, 6.07) is 13.5. The van der Waals surface area contributed by atoms with E-state index in [9.17, 15) is 5.26 Å². The number of hydrogen-bond acceptors (Lipinski definition) is 9. The van der Waals surface area contributed by atoms with Crippen LogP contribution < -0.4 is 26.8 Å². The maximum absolute atomic E-state index is 9.51. The van der Waals surface area contributed by atoms with Gasteiger partial charge in [0.05, 0.1) is 5.69 Å². The average Bonchev–Trinajstić information content (AvgIpc) is 2.79. The van der Waals surface area contributed by atoms with Crippen molar-refractivity contribution in [2.24, 2.45) is 4.99 Å². The number of benzene rings is 2. The summed E-state index contributed by atoms with van der Waals surface area (Å²) in [5, 5.41) is 25.0. The summed E-state index contributed by atoms with van der Waals surface area (Å²) in [5.74, 6) is 0.852. The first kappa shape index (κ1) is 22.0. The van der Waals surface area contributed by atoms with Crippen LogP contribution in [0.15, 0.2) is 47.5 Å². The largest absolute Gasteiger partial charge is 0.489 e. The molecule has 0 saturated heterocycles. The van der Waals surface area contributed by atoms with Crippen LogP contribution in [0.25, 0.3) is 0 Å². The maximum atomic E-state index is 9.51. The number of hydrogen-bond donors (Lipinski definition) is 4. The molecule has 1 aromatic heterocycles. The number of rotatable bonds is 4. The fourth-order valence-electron chi connectivity index (χ4n) is 3.41. The van der Waals surface area contributed by atoms with Crippen LogP contribution in [0.1, 0.15) is 28.3 Å². The molecule has 0 amide bonds. The van der Waals surface area contributed by atoms with Crippen molar-refractivity contribution in [2.45, 2.75) is 12.6 Å². The molecule has 4 rings (SSSR count). The van der Waals surface area contributed by atoms with Gasteiger partial charge in [-0.2, -0.15) is 10.5 Å². The highest BCUT2D eigenvalue weighted by Crippen LogP contribution is 2.44. The SMILES string of the molecule is N#CNC1=NC(c2cc(Cl)ccc2OCc2ccc(Cl)cc2)c2c(nc(N)c(C#N)c2N)N1. The smallest absolute Gasteiger partial charge is 0.211 e. The second kappa shape index (κ2) is 9.13. The molecule has 164 valence electrons. The van der Waals surface area contributed by atoms with Gasteiger partial charge in [-0.1, -0.05) is 35.3 Å². The maximum Gasteiger partial charge on any atom is 0.211 e. The van der Waals surface area contributed by atoms with Gasteiger partial charge >= 0.3 is 0 Å². The molecule has 3 aromatic rings. The Morgan fingerprint density at radius 1 is 1.09 bits per heavy atom. The molecule has 0 bridgehead atoms. The predicted molar refractivity (Wildman–Crippen MR) is 127 cm³/mol. The van der Waals surface area contributed by atoms with E-state index in [0.29, 0.717) is 26.9 Å². The molecule has 9 nitrogen and oxygen atoms in total. The Kier molecular flexibility index (Phi) is 6.09. The number of nitrogens with one attached hydrogen (secondary N) is 2. The highest BCUT2D eigenvalue weighted by molar-refractivity contribution is 6.31. The van der Waals surface area contributed by atoms with E-state index in [1.165, 1.54) is 0 Å². The number of nitrogens with two attached hydrogens (primary N) is 2. The molecule has 11 heteroatoms. The van der Waals surface area contributed by atoms with Crippen LogP contribution in [0.3, 0.4) is 0 Å². The monoisotopic (exact) mass is 478 g/mol. The number of pyridine rings is 1. The first-order valence-corrected chi connectivity index (χ1v) is 10.3. The van der Waals surface area contributed by atoms with E-state index < -0.39 is 6.04 Å². The summed E-state index contributed by atoms with van der Waals surface area (Å²) in [7, 11) is 0. The topological polar surface area (TPSA) is 158 Å². The van der Waals surface area contributed by atoms with E-state index in [-0.39, 0.29) is 35.5 Å². The molecule has 2 heterocycles. The van der Waals surface area contributed by atoms with Gasteiger partial charge in [0, 0.05) is 21.2 Å². The normalized spacial score (nSPS) is 14.2. The van der Waals surface area contributed by atoms with Crippen molar-refractivity contribution in [1.29, 1.82) is 10.5 Å². The number of ether oxygens (including phenoxy) is 1. The standard InChI is InChI=1S/C22H16Cl2N8O/c23-12-3-1-11(2-4-12)9-33-16-6-5-13(24)7-14(16)19-17-18(27)15(8-25)20(28)31-21(17)32-22(30-19)29-10-26/h1-7,19H,9H2,(H6,27,28,29,30,31,32). The molecule has 0 radical (unpaired) electrons. The minimum absolute atomic E-state index is 0.0384. The van der Waals surface area contributed by atoms with Gasteiger partial charge in [0.2, 0.25) is 5.96 Å². The minimum atomic E-state index is -0.781. The molecule has 33 heavy (non-hydrogen) atoms. The zero-order chi connectivity index (χ0) is 23.5. The summed E-state index contributed by atoms with van der Waals surface area (Å²) in [6.45, 7) is 0.259. The Bertz CT molecular complexity index is 1340. The number of guanidine groups is 1. The third-order valence-electron chi connectivity index (χ3n) is 4.93. The van der Waals surface area contributed by atoms with E-state index in [2.05, 4.69) is 20.6 Å². The lowest BCUT2D eigenvalue weighted by Crippen LogP contribution is -2.32. The Labute approximate surface area is 199 Å². The van der Waals surface area contributed by atoms with Crippen molar-refractivity contribution in [1.82, 2.24) is 10.3 Å². The molecule has 0 spiro atoms.